The number of imidazole rings is 1. The SMILES string of the molecule is C=c1sc2nc3ccccc3n2c1=O.CC. The predicted octanol–water partition coefficient (Wildman–Crippen LogP) is 2.06. The molecular weight excluding hydrogens is 220 g/mol. The van der Waals surface area contributed by atoms with Gasteiger partial charge in [0.05, 0.1) is 15.6 Å². The van der Waals surface area contributed by atoms with Crippen LogP contribution in [0.1, 0.15) is 13.8 Å². The minimum atomic E-state index is -0.0568. The van der Waals surface area contributed by atoms with E-state index in [1.807, 2.05) is 38.1 Å². The first-order valence-electron chi connectivity index (χ1n) is 5.16. The van der Waals surface area contributed by atoms with E-state index in [4.69, 9.17) is 0 Å². The zero-order chi connectivity index (χ0) is 11.7. The van der Waals surface area contributed by atoms with Crippen LogP contribution < -0.4 is 10.1 Å². The molecule has 0 radical (unpaired) electrons. The summed E-state index contributed by atoms with van der Waals surface area (Å²) < 4.78 is 2.15. The number of fused-ring (bicyclic) bond motifs is 3. The molecule has 0 N–H and O–H groups in total. The van der Waals surface area contributed by atoms with E-state index in [1.54, 1.807) is 4.40 Å². The number of aromatic nitrogens is 2. The lowest BCUT2D eigenvalue weighted by molar-refractivity contribution is 1.19. The molecule has 16 heavy (non-hydrogen) atoms. The second-order valence-electron chi connectivity index (χ2n) is 3.05. The Morgan fingerprint density at radius 1 is 1.31 bits per heavy atom. The van der Waals surface area contributed by atoms with Crippen molar-refractivity contribution >= 4 is 33.9 Å². The fraction of sp³-hybridized carbons (Fsp3) is 0.167. The Morgan fingerprint density at radius 3 is 2.75 bits per heavy atom. The van der Waals surface area contributed by atoms with Crippen LogP contribution >= 0.6 is 11.3 Å². The zero-order valence-corrected chi connectivity index (χ0v) is 10.0. The molecule has 0 aliphatic carbocycles. The molecule has 2 heterocycles. The Balaban J connectivity index is 0.000000457. The van der Waals surface area contributed by atoms with Gasteiger partial charge in [0.25, 0.3) is 5.56 Å². The quantitative estimate of drug-likeness (QED) is 0.594. The standard InChI is InChI=1S/C10H6N2OS.C2H6/c1-6-9(13)12-8-5-3-2-4-7(8)11-10(12)14-6;1-2/h2-5H,1H2;1-2H3. The summed E-state index contributed by atoms with van der Waals surface area (Å²) in [4.78, 5) is 16.7. The number of para-hydroxylation sites is 2. The fourth-order valence-corrected chi connectivity index (χ4v) is 2.36. The van der Waals surface area contributed by atoms with Crippen LogP contribution in [0.4, 0.5) is 0 Å². The Labute approximate surface area is 96.7 Å². The van der Waals surface area contributed by atoms with Crippen molar-refractivity contribution in [2.75, 3.05) is 0 Å². The maximum atomic E-state index is 11.7. The van der Waals surface area contributed by atoms with Gasteiger partial charge in [0.15, 0.2) is 4.96 Å². The van der Waals surface area contributed by atoms with Gasteiger partial charge in [-0.2, -0.15) is 0 Å². The van der Waals surface area contributed by atoms with Crippen molar-refractivity contribution < 1.29 is 0 Å². The molecule has 0 aliphatic rings. The highest BCUT2D eigenvalue weighted by Gasteiger charge is 2.08. The maximum Gasteiger partial charge on any atom is 0.274 e. The largest absolute Gasteiger partial charge is 0.274 e. The third kappa shape index (κ3) is 1.42. The summed E-state index contributed by atoms with van der Waals surface area (Å²) in [6.45, 7) is 7.68. The van der Waals surface area contributed by atoms with Crippen LogP contribution in [0.2, 0.25) is 0 Å². The van der Waals surface area contributed by atoms with Gasteiger partial charge < -0.3 is 0 Å². The smallest absolute Gasteiger partial charge is 0.267 e. The lowest BCUT2D eigenvalue weighted by Gasteiger charge is -1.85. The minimum Gasteiger partial charge on any atom is -0.267 e. The van der Waals surface area contributed by atoms with Gasteiger partial charge in [-0.25, -0.2) is 9.38 Å². The molecule has 0 atom stereocenters. The summed E-state index contributed by atoms with van der Waals surface area (Å²) in [5.74, 6) is 0. The van der Waals surface area contributed by atoms with Crippen LogP contribution in [0.15, 0.2) is 29.1 Å². The van der Waals surface area contributed by atoms with E-state index in [1.165, 1.54) is 11.3 Å². The molecule has 0 amide bonds. The van der Waals surface area contributed by atoms with Crippen molar-refractivity contribution in [2.45, 2.75) is 13.8 Å². The van der Waals surface area contributed by atoms with E-state index in [0.717, 1.165) is 16.0 Å². The lowest BCUT2D eigenvalue weighted by Crippen LogP contribution is -2.20. The second-order valence-corrected chi connectivity index (χ2v) is 4.11. The highest BCUT2D eigenvalue weighted by molar-refractivity contribution is 7.15. The van der Waals surface area contributed by atoms with Crippen molar-refractivity contribution in [1.29, 1.82) is 0 Å². The van der Waals surface area contributed by atoms with Crippen LogP contribution in [0, 0.1) is 0 Å². The summed E-state index contributed by atoms with van der Waals surface area (Å²) in [6.07, 6.45) is 0. The molecular formula is C12H12N2OS. The van der Waals surface area contributed by atoms with Crippen LogP contribution in [0.3, 0.4) is 0 Å². The Kier molecular flexibility index (Phi) is 2.75. The number of hydrogen-bond donors (Lipinski definition) is 0. The van der Waals surface area contributed by atoms with Gasteiger partial charge in [0.1, 0.15) is 0 Å². The van der Waals surface area contributed by atoms with Crippen LogP contribution in [0.25, 0.3) is 22.6 Å². The van der Waals surface area contributed by atoms with Gasteiger partial charge >= 0.3 is 0 Å². The molecule has 82 valence electrons. The monoisotopic (exact) mass is 232 g/mol. The first-order chi connectivity index (χ1) is 7.77. The van der Waals surface area contributed by atoms with Crippen LogP contribution in [-0.2, 0) is 0 Å². The molecule has 2 aromatic heterocycles. The molecule has 4 heteroatoms. The first kappa shape index (κ1) is 10.8. The van der Waals surface area contributed by atoms with Crippen molar-refractivity contribution in [3.8, 4) is 0 Å². The highest BCUT2D eigenvalue weighted by Crippen LogP contribution is 2.14. The third-order valence-corrected chi connectivity index (χ3v) is 3.06. The van der Waals surface area contributed by atoms with Crippen molar-refractivity contribution in [2.24, 2.45) is 0 Å². The van der Waals surface area contributed by atoms with E-state index in [2.05, 4.69) is 11.6 Å². The Morgan fingerprint density at radius 2 is 2.00 bits per heavy atom. The van der Waals surface area contributed by atoms with Gasteiger partial charge in [-0.15, -0.1) is 0 Å². The van der Waals surface area contributed by atoms with Gasteiger partial charge in [0, 0.05) is 0 Å². The molecule has 0 saturated carbocycles. The van der Waals surface area contributed by atoms with Gasteiger partial charge in [-0.05, 0) is 12.1 Å². The summed E-state index contributed by atoms with van der Waals surface area (Å²) in [6, 6.07) is 7.60. The predicted molar refractivity (Wildman–Crippen MR) is 68.9 cm³/mol. The first-order valence-corrected chi connectivity index (χ1v) is 5.98. The Bertz CT molecular complexity index is 726. The second kappa shape index (κ2) is 4.06. The minimum absolute atomic E-state index is 0.0568. The summed E-state index contributed by atoms with van der Waals surface area (Å²) in [7, 11) is 0. The fourth-order valence-electron chi connectivity index (χ4n) is 1.55. The Hall–Kier alpha value is -1.68. The number of nitrogens with zero attached hydrogens (tertiary/aromatic N) is 2. The summed E-state index contributed by atoms with van der Waals surface area (Å²) >= 11 is 1.33. The summed E-state index contributed by atoms with van der Waals surface area (Å²) in [5.41, 5.74) is 1.66. The van der Waals surface area contributed by atoms with Crippen LogP contribution in [0.5, 0.6) is 0 Å². The normalized spacial score (nSPS) is 10.4. The van der Waals surface area contributed by atoms with Crippen LogP contribution in [-0.4, -0.2) is 9.38 Å². The molecule has 0 fully saturated rings. The van der Waals surface area contributed by atoms with E-state index in [-0.39, 0.29) is 5.56 Å². The zero-order valence-electron chi connectivity index (χ0n) is 9.23. The third-order valence-electron chi connectivity index (χ3n) is 2.19. The number of benzene rings is 1. The van der Waals surface area contributed by atoms with E-state index in [9.17, 15) is 4.79 Å². The molecule has 3 rings (SSSR count). The van der Waals surface area contributed by atoms with E-state index >= 15 is 0 Å². The number of thiazole rings is 1. The van der Waals surface area contributed by atoms with Crippen molar-refractivity contribution in [1.82, 2.24) is 9.38 Å². The van der Waals surface area contributed by atoms with Gasteiger partial charge in [-0.3, -0.25) is 4.79 Å². The molecule has 3 nitrogen and oxygen atoms in total. The van der Waals surface area contributed by atoms with Crippen molar-refractivity contribution in [3.05, 3.63) is 39.2 Å². The summed E-state index contributed by atoms with van der Waals surface area (Å²) in [5, 5.41) is 0. The number of rotatable bonds is 0. The lowest BCUT2D eigenvalue weighted by atomic mass is 10.3. The topological polar surface area (TPSA) is 34.4 Å². The van der Waals surface area contributed by atoms with Crippen molar-refractivity contribution in [3.63, 3.8) is 0 Å². The number of hydrogen-bond acceptors (Lipinski definition) is 3. The molecule has 0 bridgehead atoms. The molecule has 0 aliphatic heterocycles. The molecule has 1 aromatic carbocycles. The average Bonchev–Trinajstić information content (AvgIpc) is 2.80. The molecule has 0 spiro atoms. The molecule has 0 saturated heterocycles. The highest BCUT2D eigenvalue weighted by atomic mass is 32.1. The average molecular weight is 232 g/mol. The van der Waals surface area contributed by atoms with E-state index < -0.39 is 0 Å². The molecule has 0 unspecified atom stereocenters. The molecule has 3 aromatic rings. The maximum absolute atomic E-state index is 11.7. The van der Waals surface area contributed by atoms with Gasteiger partial charge in [0.2, 0.25) is 0 Å². The van der Waals surface area contributed by atoms with Gasteiger partial charge in [-0.1, -0.05) is 43.9 Å². The van der Waals surface area contributed by atoms with E-state index in [0.29, 0.717) is 4.53 Å².